The van der Waals surface area contributed by atoms with Gasteiger partial charge in [-0.3, -0.25) is 0 Å². The first-order valence-electron chi connectivity index (χ1n) is 8.15. The van der Waals surface area contributed by atoms with E-state index in [1.165, 1.54) is 18.4 Å². The third-order valence-electron chi connectivity index (χ3n) is 4.56. The molecule has 2 heterocycles. The fourth-order valence-corrected chi connectivity index (χ4v) is 4.08. The number of furan rings is 1. The van der Waals surface area contributed by atoms with E-state index in [2.05, 4.69) is 4.72 Å². The summed E-state index contributed by atoms with van der Waals surface area (Å²) >= 11 is 0. The number of hydrogen-bond donors (Lipinski definition) is 2. The zero-order chi connectivity index (χ0) is 17.5. The minimum atomic E-state index is -3.81. The third kappa shape index (κ3) is 3.12. The SMILES string of the molecule is O=S(=O)(NCC(O)(c1ccco1)C1CC1)c1ccc2c(c1)OCCO2. The Morgan fingerprint density at radius 3 is 2.60 bits per heavy atom. The van der Waals surface area contributed by atoms with E-state index in [0.717, 1.165) is 12.8 Å². The summed E-state index contributed by atoms with van der Waals surface area (Å²) in [6, 6.07) is 7.80. The molecule has 1 aromatic heterocycles. The zero-order valence-electron chi connectivity index (χ0n) is 13.5. The Balaban J connectivity index is 1.55. The van der Waals surface area contributed by atoms with Crippen molar-refractivity contribution in [2.24, 2.45) is 5.92 Å². The maximum atomic E-state index is 12.6. The summed E-state index contributed by atoms with van der Waals surface area (Å²) in [4.78, 5) is 0.0642. The van der Waals surface area contributed by atoms with Crippen LogP contribution in [-0.4, -0.2) is 33.3 Å². The molecule has 1 unspecified atom stereocenters. The first-order valence-corrected chi connectivity index (χ1v) is 9.63. The molecule has 0 radical (unpaired) electrons. The third-order valence-corrected chi connectivity index (χ3v) is 5.96. The first kappa shape index (κ1) is 16.4. The number of hydrogen-bond acceptors (Lipinski definition) is 6. The molecule has 0 saturated heterocycles. The van der Waals surface area contributed by atoms with Gasteiger partial charge in [0, 0.05) is 12.6 Å². The Morgan fingerprint density at radius 1 is 1.16 bits per heavy atom. The zero-order valence-corrected chi connectivity index (χ0v) is 14.3. The van der Waals surface area contributed by atoms with Crippen molar-refractivity contribution in [1.29, 1.82) is 0 Å². The van der Waals surface area contributed by atoms with E-state index >= 15 is 0 Å². The van der Waals surface area contributed by atoms with Crippen LogP contribution in [0.5, 0.6) is 11.5 Å². The average Bonchev–Trinajstić information content (AvgIpc) is 3.34. The average molecular weight is 365 g/mol. The molecule has 25 heavy (non-hydrogen) atoms. The van der Waals surface area contributed by atoms with E-state index in [-0.39, 0.29) is 17.4 Å². The van der Waals surface area contributed by atoms with Crippen LogP contribution in [0.1, 0.15) is 18.6 Å². The highest BCUT2D eigenvalue weighted by atomic mass is 32.2. The minimum Gasteiger partial charge on any atom is -0.486 e. The van der Waals surface area contributed by atoms with Crippen molar-refractivity contribution in [1.82, 2.24) is 4.72 Å². The lowest BCUT2D eigenvalue weighted by atomic mass is 9.95. The summed E-state index contributed by atoms with van der Waals surface area (Å²) in [5.74, 6) is 1.29. The van der Waals surface area contributed by atoms with Crippen LogP contribution in [0.3, 0.4) is 0 Å². The molecule has 1 atom stereocenters. The highest BCUT2D eigenvalue weighted by molar-refractivity contribution is 7.89. The smallest absolute Gasteiger partial charge is 0.240 e. The predicted molar refractivity (Wildman–Crippen MR) is 87.9 cm³/mol. The fraction of sp³-hybridized carbons (Fsp3) is 0.412. The molecule has 1 aromatic carbocycles. The van der Waals surface area contributed by atoms with E-state index < -0.39 is 15.6 Å². The topological polar surface area (TPSA) is 98.0 Å². The maximum Gasteiger partial charge on any atom is 0.240 e. The van der Waals surface area contributed by atoms with E-state index in [1.54, 1.807) is 18.2 Å². The van der Waals surface area contributed by atoms with Crippen molar-refractivity contribution in [2.45, 2.75) is 23.3 Å². The molecule has 134 valence electrons. The summed E-state index contributed by atoms with van der Waals surface area (Å²) < 4.78 is 43.9. The number of aliphatic hydroxyl groups is 1. The molecule has 7 nitrogen and oxygen atoms in total. The van der Waals surface area contributed by atoms with Gasteiger partial charge in [0.1, 0.15) is 24.6 Å². The Morgan fingerprint density at radius 2 is 1.92 bits per heavy atom. The molecule has 1 saturated carbocycles. The summed E-state index contributed by atoms with van der Waals surface area (Å²) in [7, 11) is -3.81. The molecule has 8 heteroatoms. The van der Waals surface area contributed by atoms with Crippen LogP contribution >= 0.6 is 0 Å². The maximum absolute atomic E-state index is 12.6. The predicted octanol–water partition coefficient (Wildman–Crippen LogP) is 1.63. The molecule has 4 rings (SSSR count). The normalized spacial score (nSPS) is 19.4. The van der Waals surface area contributed by atoms with Crippen molar-refractivity contribution >= 4 is 10.0 Å². The van der Waals surface area contributed by atoms with Crippen LogP contribution < -0.4 is 14.2 Å². The first-order chi connectivity index (χ1) is 12.0. The lowest BCUT2D eigenvalue weighted by Gasteiger charge is -2.26. The van der Waals surface area contributed by atoms with Crippen molar-refractivity contribution in [3.05, 3.63) is 42.4 Å². The van der Waals surface area contributed by atoms with Gasteiger partial charge in [-0.1, -0.05) is 0 Å². The Labute approximate surface area is 145 Å². The number of ether oxygens (including phenoxy) is 2. The Kier molecular flexibility index (Phi) is 3.98. The molecular weight excluding hydrogens is 346 g/mol. The van der Waals surface area contributed by atoms with Crippen LogP contribution in [-0.2, 0) is 15.6 Å². The molecule has 0 amide bonds. The quantitative estimate of drug-likeness (QED) is 0.807. The molecular formula is C17H19NO6S. The highest BCUT2D eigenvalue weighted by Gasteiger charge is 2.47. The lowest BCUT2D eigenvalue weighted by Crippen LogP contribution is -2.42. The van der Waals surface area contributed by atoms with Gasteiger partial charge in [-0.05, 0) is 43.0 Å². The largest absolute Gasteiger partial charge is 0.486 e. The molecule has 0 spiro atoms. The van der Waals surface area contributed by atoms with E-state index in [4.69, 9.17) is 13.9 Å². The van der Waals surface area contributed by atoms with Gasteiger partial charge < -0.3 is 19.0 Å². The van der Waals surface area contributed by atoms with Crippen LogP contribution in [0.25, 0.3) is 0 Å². The van der Waals surface area contributed by atoms with Gasteiger partial charge in [0.15, 0.2) is 11.5 Å². The summed E-state index contributed by atoms with van der Waals surface area (Å²) in [6.45, 7) is 0.667. The second-order valence-electron chi connectivity index (χ2n) is 6.31. The summed E-state index contributed by atoms with van der Waals surface area (Å²) in [5, 5.41) is 10.9. The second-order valence-corrected chi connectivity index (χ2v) is 8.07. The highest BCUT2D eigenvalue weighted by Crippen LogP contribution is 2.45. The van der Waals surface area contributed by atoms with Gasteiger partial charge in [0.2, 0.25) is 10.0 Å². The van der Waals surface area contributed by atoms with Crippen molar-refractivity contribution in [2.75, 3.05) is 19.8 Å². The number of sulfonamides is 1. The second kappa shape index (κ2) is 6.05. The monoisotopic (exact) mass is 365 g/mol. The van der Waals surface area contributed by atoms with Crippen molar-refractivity contribution in [3.8, 4) is 11.5 Å². The van der Waals surface area contributed by atoms with Crippen LogP contribution in [0.15, 0.2) is 45.9 Å². The number of rotatable bonds is 6. The molecule has 2 aliphatic rings. The van der Waals surface area contributed by atoms with Crippen molar-refractivity contribution < 1.29 is 27.4 Å². The Bertz CT molecular complexity index is 859. The molecule has 2 aromatic rings. The van der Waals surface area contributed by atoms with Gasteiger partial charge in [-0.15, -0.1) is 0 Å². The summed E-state index contributed by atoms with van der Waals surface area (Å²) in [6.07, 6.45) is 3.14. The fourth-order valence-electron chi connectivity index (χ4n) is 3.00. The standard InChI is InChI=1S/C17H19NO6S/c19-17(12-3-4-12,16-2-1-7-24-16)11-18-25(20,21)13-5-6-14-15(10-13)23-9-8-22-14/h1-2,5-7,10,12,18-19H,3-4,8-9,11H2. The molecule has 1 fully saturated rings. The molecule has 0 bridgehead atoms. The number of benzene rings is 1. The van der Waals surface area contributed by atoms with Gasteiger partial charge >= 0.3 is 0 Å². The van der Waals surface area contributed by atoms with Gasteiger partial charge in [-0.25, -0.2) is 13.1 Å². The van der Waals surface area contributed by atoms with Crippen LogP contribution in [0.4, 0.5) is 0 Å². The van der Waals surface area contributed by atoms with Crippen molar-refractivity contribution in [3.63, 3.8) is 0 Å². The van der Waals surface area contributed by atoms with Gasteiger partial charge in [0.25, 0.3) is 0 Å². The van der Waals surface area contributed by atoms with Gasteiger partial charge in [-0.2, -0.15) is 0 Å². The van der Waals surface area contributed by atoms with Crippen LogP contribution in [0, 0.1) is 5.92 Å². The molecule has 2 N–H and O–H groups in total. The Hall–Kier alpha value is -2.03. The van der Waals surface area contributed by atoms with E-state index in [1.807, 2.05) is 0 Å². The van der Waals surface area contributed by atoms with E-state index in [9.17, 15) is 13.5 Å². The minimum absolute atomic E-state index is 0.0124. The summed E-state index contributed by atoms with van der Waals surface area (Å²) in [5.41, 5.74) is -1.34. The molecule has 1 aliphatic heterocycles. The number of nitrogens with one attached hydrogen (secondary N) is 1. The number of fused-ring (bicyclic) bond motifs is 1. The van der Waals surface area contributed by atoms with E-state index in [0.29, 0.717) is 30.5 Å². The molecule has 1 aliphatic carbocycles. The van der Waals surface area contributed by atoms with Crippen LogP contribution in [0.2, 0.25) is 0 Å². The van der Waals surface area contributed by atoms with Gasteiger partial charge in [0.05, 0.1) is 11.2 Å². The lowest BCUT2D eigenvalue weighted by molar-refractivity contribution is -0.00224.